The Balaban J connectivity index is 1.44. The van der Waals surface area contributed by atoms with Crippen molar-refractivity contribution in [3.8, 4) is 11.1 Å². The van der Waals surface area contributed by atoms with Crippen molar-refractivity contribution in [1.82, 2.24) is 20.2 Å². The maximum atomic E-state index is 12.8. The summed E-state index contributed by atoms with van der Waals surface area (Å²) < 4.78 is 0.651. The van der Waals surface area contributed by atoms with Gasteiger partial charge >= 0.3 is 0 Å². The lowest BCUT2D eigenvalue weighted by molar-refractivity contribution is -0.125. The number of amides is 1. The van der Waals surface area contributed by atoms with E-state index >= 15 is 0 Å². The molecule has 2 N–H and O–H groups in total. The van der Waals surface area contributed by atoms with Crippen molar-refractivity contribution < 1.29 is 4.79 Å². The Morgan fingerprint density at radius 1 is 1.27 bits per heavy atom. The minimum absolute atomic E-state index is 0.0115. The number of aryl methyl sites for hydroxylation is 1. The van der Waals surface area contributed by atoms with Gasteiger partial charge in [-0.1, -0.05) is 43.7 Å². The molecule has 8 heteroatoms. The zero-order valence-corrected chi connectivity index (χ0v) is 20.5. The molecular formula is C25H33N5O2S. The average molecular weight is 468 g/mol. The molecule has 1 aliphatic heterocycles. The van der Waals surface area contributed by atoms with Crippen molar-refractivity contribution in [2.24, 2.45) is 5.92 Å². The van der Waals surface area contributed by atoms with Crippen LogP contribution in [0.1, 0.15) is 32.3 Å². The number of piperidine rings is 1. The van der Waals surface area contributed by atoms with Crippen LogP contribution in [0.15, 0.2) is 34.4 Å². The first-order valence-electron chi connectivity index (χ1n) is 11.8. The smallest absolute Gasteiger partial charge is 0.270 e. The summed E-state index contributed by atoms with van der Waals surface area (Å²) in [6, 6.07) is 8.27. The van der Waals surface area contributed by atoms with Gasteiger partial charge < -0.3 is 15.1 Å². The van der Waals surface area contributed by atoms with E-state index in [4.69, 9.17) is 4.98 Å². The predicted molar refractivity (Wildman–Crippen MR) is 136 cm³/mol. The number of rotatable bonds is 8. The second-order valence-corrected chi connectivity index (χ2v) is 9.55. The zero-order valence-electron chi connectivity index (χ0n) is 19.7. The third-order valence-electron chi connectivity index (χ3n) is 6.53. The lowest BCUT2D eigenvalue weighted by Crippen LogP contribution is -2.43. The van der Waals surface area contributed by atoms with Crippen LogP contribution in [0.4, 0.5) is 5.95 Å². The molecule has 4 rings (SSSR count). The van der Waals surface area contributed by atoms with Gasteiger partial charge in [-0.2, -0.15) is 0 Å². The molecule has 7 nitrogen and oxygen atoms in total. The lowest BCUT2D eigenvalue weighted by Gasteiger charge is -2.31. The van der Waals surface area contributed by atoms with E-state index in [1.165, 1.54) is 16.9 Å². The summed E-state index contributed by atoms with van der Waals surface area (Å²) in [5.74, 6) is 0.746. The fourth-order valence-electron chi connectivity index (χ4n) is 4.46. The third-order valence-corrected chi connectivity index (χ3v) is 7.50. The Morgan fingerprint density at radius 2 is 2.03 bits per heavy atom. The molecule has 0 unspecified atom stereocenters. The number of aromatic nitrogens is 2. The Bertz CT molecular complexity index is 1160. The highest BCUT2D eigenvalue weighted by Gasteiger charge is 2.26. The Morgan fingerprint density at radius 3 is 2.73 bits per heavy atom. The summed E-state index contributed by atoms with van der Waals surface area (Å²) in [4.78, 5) is 37.6. The van der Waals surface area contributed by atoms with Crippen molar-refractivity contribution in [2.45, 2.75) is 33.6 Å². The summed E-state index contributed by atoms with van der Waals surface area (Å²) in [5, 5.41) is 5.11. The van der Waals surface area contributed by atoms with E-state index in [1.807, 2.05) is 11.4 Å². The molecule has 176 valence electrons. The molecular weight excluding hydrogens is 434 g/mol. The first kappa shape index (κ1) is 23.4. The maximum Gasteiger partial charge on any atom is 0.270 e. The lowest BCUT2D eigenvalue weighted by atomic mass is 9.96. The van der Waals surface area contributed by atoms with Gasteiger partial charge in [-0.15, -0.1) is 11.3 Å². The van der Waals surface area contributed by atoms with Crippen molar-refractivity contribution in [3.63, 3.8) is 0 Å². The van der Waals surface area contributed by atoms with E-state index in [1.54, 1.807) is 0 Å². The molecule has 0 spiro atoms. The number of nitrogens with zero attached hydrogens (tertiary/aromatic N) is 3. The number of carbonyl (C=O) groups excluding carboxylic acids is 1. The summed E-state index contributed by atoms with van der Waals surface area (Å²) in [6.45, 7) is 11.3. The summed E-state index contributed by atoms with van der Waals surface area (Å²) in [6.07, 6.45) is 1.51. The number of fused-ring (bicyclic) bond motifs is 1. The van der Waals surface area contributed by atoms with Gasteiger partial charge in [0.05, 0.1) is 5.52 Å². The number of thiophene rings is 1. The SMILES string of the molecule is CCN(CC)CCNC(=O)C1CCN(c2nc3c(-c4cccc(C)c4)csc3c(=O)[nH]2)CC1. The van der Waals surface area contributed by atoms with E-state index in [-0.39, 0.29) is 17.4 Å². The fourth-order valence-corrected chi connectivity index (χ4v) is 5.37. The van der Waals surface area contributed by atoms with Crippen LogP contribution in [0, 0.1) is 12.8 Å². The highest BCUT2D eigenvalue weighted by atomic mass is 32.1. The topological polar surface area (TPSA) is 81.3 Å². The number of anilines is 1. The van der Waals surface area contributed by atoms with E-state index in [0.29, 0.717) is 30.3 Å². The summed E-state index contributed by atoms with van der Waals surface area (Å²) in [5.41, 5.74) is 3.89. The summed E-state index contributed by atoms with van der Waals surface area (Å²) >= 11 is 1.43. The van der Waals surface area contributed by atoms with Gasteiger partial charge in [-0.05, 0) is 38.4 Å². The number of carbonyl (C=O) groups is 1. The van der Waals surface area contributed by atoms with Gasteiger partial charge in [-0.3, -0.25) is 14.6 Å². The number of hydrogen-bond acceptors (Lipinski definition) is 6. The predicted octanol–water partition coefficient (Wildman–Crippen LogP) is 3.63. The second-order valence-electron chi connectivity index (χ2n) is 8.67. The van der Waals surface area contributed by atoms with Gasteiger partial charge in [0.1, 0.15) is 4.70 Å². The minimum Gasteiger partial charge on any atom is -0.355 e. The van der Waals surface area contributed by atoms with E-state index in [9.17, 15) is 9.59 Å². The van der Waals surface area contributed by atoms with Crippen molar-refractivity contribution >= 4 is 33.4 Å². The molecule has 1 aliphatic rings. The molecule has 0 saturated carbocycles. The quantitative estimate of drug-likeness (QED) is 0.529. The van der Waals surface area contributed by atoms with E-state index < -0.39 is 0 Å². The number of benzene rings is 1. The van der Waals surface area contributed by atoms with Crippen LogP contribution in [0.5, 0.6) is 0 Å². The number of hydrogen-bond donors (Lipinski definition) is 2. The first-order valence-corrected chi connectivity index (χ1v) is 12.7. The molecule has 1 amide bonds. The van der Waals surface area contributed by atoms with Gasteiger partial charge in [0.25, 0.3) is 5.56 Å². The van der Waals surface area contributed by atoms with Crippen LogP contribution in [0.2, 0.25) is 0 Å². The van der Waals surface area contributed by atoms with Crippen LogP contribution in [0.25, 0.3) is 21.3 Å². The largest absolute Gasteiger partial charge is 0.355 e. The molecule has 0 radical (unpaired) electrons. The summed E-state index contributed by atoms with van der Waals surface area (Å²) in [7, 11) is 0. The van der Waals surface area contributed by atoms with Crippen LogP contribution < -0.4 is 15.8 Å². The Kier molecular flexibility index (Phi) is 7.45. The molecule has 3 heterocycles. The van der Waals surface area contributed by atoms with Gasteiger partial charge in [-0.25, -0.2) is 4.98 Å². The number of likely N-dealkylation sites (N-methyl/N-ethyl adjacent to an activating group) is 1. The standard InChI is InChI=1S/C25H33N5O2S/c1-4-29(5-2)14-11-26-23(31)18-9-12-30(13-10-18)25-27-21-20(16-33-22(21)24(32)28-25)19-8-6-7-17(3)15-19/h6-8,15-16,18H,4-5,9-14H2,1-3H3,(H,26,31)(H,27,28,32). The Labute approximate surface area is 198 Å². The molecule has 0 aliphatic carbocycles. The minimum atomic E-state index is -0.102. The monoisotopic (exact) mass is 467 g/mol. The molecule has 2 aromatic heterocycles. The molecule has 1 fully saturated rings. The fraction of sp³-hybridized carbons (Fsp3) is 0.480. The molecule has 0 atom stereocenters. The highest BCUT2D eigenvalue weighted by molar-refractivity contribution is 7.17. The molecule has 3 aromatic rings. The molecule has 1 aromatic carbocycles. The molecule has 33 heavy (non-hydrogen) atoms. The Hall–Kier alpha value is -2.71. The number of H-pyrrole nitrogens is 1. The van der Waals surface area contributed by atoms with E-state index in [0.717, 1.165) is 49.1 Å². The van der Waals surface area contributed by atoms with E-state index in [2.05, 4.69) is 59.1 Å². The number of nitrogens with one attached hydrogen (secondary N) is 2. The van der Waals surface area contributed by atoms with Gasteiger partial charge in [0.15, 0.2) is 0 Å². The van der Waals surface area contributed by atoms with Crippen molar-refractivity contribution in [2.75, 3.05) is 44.2 Å². The third kappa shape index (κ3) is 5.28. The van der Waals surface area contributed by atoms with Crippen molar-refractivity contribution in [3.05, 3.63) is 45.6 Å². The van der Waals surface area contributed by atoms with Crippen LogP contribution in [-0.2, 0) is 4.79 Å². The highest BCUT2D eigenvalue weighted by Crippen LogP contribution is 2.32. The average Bonchev–Trinajstić information content (AvgIpc) is 3.26. The second kappa shape index (κ2) is 10.5. The van der Waals surface area contributed by atoms with Crippen LogP contribution in [0.3, 0.4) is 0 Å². The molecule has 1 saturated heterocycles. The van der Waals surface area contributed by atoms with Crippen LogP contribution in [-0.4, -0.2) is 60.0 Å². The van der Waals surface area contributed by atoms with Crippen molar-refractivity contribution in [1.29, 1.82) is 0 Å². The first-order chi connectivity index (χ1) is 16.0. The normalized spacial score (nSPS) is 14.8. The maximum absolute atomic E-state index is 12.8. The number of aromatic amines is 1. The van der Waals surface area contributed by atoms with Crippen LogP contribution >= 0.6 is 11.3 Å². The zero-order chi connectivity index (χ0) is 23.4. The van der Waals surface area contributed by atoms with Gasteiger partial charge in [0.2, 0.25) is 11.9 Å². The molecule has 0 bridgehead atoms. The van der Waals surface area contributed by atoms with Gasteiger partial charge in [0, 0.05) is 43.0 Å².